The SMILES string of the molecule is CCCCCCCCOc1ccc(O)c(-c2ccccc2)c1. The molecule has 0 aliphatic carbocycles. The fraction of sp³-hybridized carbons (Fsp3) is 0.400. The number of unbranched alkanes of at least 4 members (excludes halogenated alkanes) is 5. The van der Waals surface area contributed by atoms with Crippen LogP contribution in [0.4, 0.5) is 0 Å². The predicted octanol–water partition coefficient (Wildman–Crippen LogP) is 5.80. The van der Waals surface area contributed by atoms with Crippen LogP contribution in [0.1, 0.15) is 45.4 Å². The van der Waals surface area contributed by atoms with Crippen LogP contribution >= 0.6 is 0 Å². The minimum atomic E-state index is 0.290. The maximum absolute atomic E-state index is 10.0. The number of aromatic hydroxyl groups is 1. The highest BCUT2D eigenvalue weighted by molar-refractivity contribution is 5.71. The number of hydrogen-bond donors (Lipinski definition) is 1. The van der Waals surface area contributed by atoms with Crippen LogP contribution in [-0.4, -0.2) is 11.7 Å². The average Bonchev–Trinajstić information content (AvgIpc) is 2.56. The maximum atomic E-state index is 10.0. The lowest BCUT2D eigenvalue weighted by molar-refractivity contribution is 0.304. The molecule has 2 heteroatoms. The third kappa shape index (κ3) is 5.10. The zero-order valence-electron chi connectivity index (χ0n) is 13.4. The van der Waals surface area contributed by atoms with Gasteiger partial charge in [0, 0.05) is 5.56 Å². The standard InChI is InChI=1S/C20H26O2/c1-2-3-4-5-6-10-15-22-18-13-14-20(21)19(16-18)17-11-8-7-9-12-17/h7-9,11-14,16,21H,2-6,10,15H2,1H3. The van der Waals surface area contributed by atoms with E-state index in [2.05, 4.69) is 6.92 Å². The van der Waals surface area contributed by atoms with Gasteiger partial charge in [0.2, 0.25) is 0 Å². The molecular formula is C20H26O2. The van der Waals surface area contributed by atoms with E-state index >= 15 is 0 Å². The van der Waals surface area contributed by atoms with Crippen molar-refractivity contribution < 1.29 is 9.84 Å². The fourth-order valence-electron chi connectivity index (χ4n) is 2.53. The Hall–Kier alpha value is -1.96. The molecule has 2 nitrogen and oxygen atoms in total. The smallest absolute Gasteiger partial charge is 0.123 e. The molecule has 2 aromatic carbocycles. The van der Waals surface area contributed by atoms with E-state index in [0.717, 1.165) is 29.9 Å². The van der Waals surface area contributed by atoms with Gasteiger partial charge in [0.1, 0.15) is 11.5 Å². The monoisotopic (exact) mass is 298 g/mol. The van der Waals surface area contributed by atoms with E-state index in [-0.39, 0.29) is 5.75 Å². The molecule has 0 aliphatic rings. The van der Waals surface area contributed by atoms with Crippen molar-refractivity contribution in [3.63, 3.8) is 0 Å². The first-order valence-electron chi connectivity index (χ1n) is 8.32. The summed E-state index contributed by atoms with van der Waals surface area (Å²) in [4.78, 5) is 0. The van der Waals surface area contributed by atoms with Gasteiger partial charge in [0.15, 0.2) is 0 Å². The second kappa shape index (κ2) is 9.14. The van der Waals surface area contributed by atoms with Gasteiger partial charge >= 0.3 is 0 Å². The zero-order chi connectivity index (χ0) is 15.6. The van der Waals surface area contributed by atoms with Gasteiger partial charge < -0.3 is 9.84 Å². The van der Waals surface area contributed by atoms with Crippen LogP contribution in [0.15, 0.2) is 48.5 Å². The summed E-state index contributed by atoms with van der Waals surface area (Å²) in [6, 6.07) is 15.4. The first kappa shape index (κ1) is 16.4. The molecule has 0 heterocycles. The summed E-state index contributed by atoms with van der Waals surface area (Å²) in [5, 5.41) is 10.0. The Morgan fingerprint density at radius 2 is 1.59 bits per heavy atom. The number of phenolic OH excluding ortho intramolecular Hbond substituents is 1. The molecular weight excluding hydrogens is 272 g/mol. The Balaban J connectivity index is 1.85. The Bertz CT molecular complexity index is 549. The molecule has 0 bridgehead atoms. The minimum absolute atomic E-state index is 0.290. The molecule has 0 unspecified atom stereocenters. The molecule has 0 saturated heterocycles. The first-order chi connectivity index (χ1) is 10.8. The zero-order valence-corrected chi connectivity index (χ0v) is 13.4. The third-order valence-corrected chi connectivity index (χ3v) is 3.82. The van der Waals surface area contributed by atoms with Crippen LogP contribution in [0.5, 0.6) is 11.5 Å². The van der Waals surface area contributed by atoms with Gasteiger partial charge in [-0.1, -0.05) is 69.4 Å². The van der Waals surface area contributed by atoms with Gasteiger partial charge in [-0.3, -0.25) is 0 Å². The third-order valence-electron chi connectivity index (χ3n) is 3.82. The second-order valence-corrected chi connectivity index (χ2v) is 5.66. The average molecular weight is 298 g/mol. The predicted molar refractivity (Wildman–Crippen MR) is 92.4 cm³/mol. The van der Waals surface area contributed by atoms with E-state index in [1.807, 2.05) is 42.5 Å². The largest absolute Gasteiger partial charge is 0.507 e. The van der Waals surface area contributed by atoms with Crippen LogP contribution < -0.4 is 4.74 Å². The summed E-state index contributed by atoms with van der Waals surface area (Å²) in [6.45, 7) is 2.98. The molecule has 0 fully saturated rings. The maximum Gasteiger partial charge on any atom is 0.123 e. The summed E-state index contributed by atoms with van der Waals surface area (Å²) in [6.07, 6.45) is 7.55. The molecule has 2 rings (SSSR count). The highest BCUT2D eigenvalue weighted by atomic mass is 16.5. The Morgan fingerprint density at radius 1 is 0.864 bits per heavy atom. The van der Waals surface area contributed by atoms with E-state index in [9.17, 15) is 5.11 Å². The van der Waals surface area contributed by atoms with Gasteiger partial charge in [0.25, 0.3) is 0 Å². The molecule has 0 aliphatic heterocycles. The summed E-state index contributed by atoms with van der Waals surface area (Å²) < 4.78 is 5.82. The van der Waals surface area contributed by atoms with E-state index in [1.54, 1.807) is 6.07 Å². The van der Waals surface area contributed by atoms with Gasteiger partial charge in [-0.15, -0.1) is 0 Å². The van der Waals surface area contributed by atoms with E-state index in [0.29, 0.717) is 0 Å². The molecule has 0 radical (unpaired) electrons. The fourth-order valence-corrected chi connectivity index (χ4v) is 2.53. The van der Waals surface area contributed by atoms with E-state index in [4.69, 9.17) is 4.74 Å². The molecule has 0 spiro atoms. The van der Waals surface area contributed by atoms with Crippen LogP contribution in [0, 0.1) is 0 Å². The lowest BCUT2D eigenvalue weighted by atomic mass is 10.0. The van der Waals surface area contributed by atoms with Crippen molar-refractivity contribution in [2.75, 3.05) is 6.61 Å². The van der Waals surface area contributed by atoms with Crippen molar-refractivity contribution in [2.24, 2.45) is 0 Å². The highest BCUT2D eigenvalue weighted by Crippen LogP contribution is 2.32. The lowest BCUT2D eigenvalue weighted by Crippen LogP contribution is -1.97. The summed E-state index contributed by atoms with van der Waals surface area (Å²) in [5.41, 5.74) is 1.83. The molecule has 0 saturated carbocycles. The lowest BCUT2D eigenvalue weighted by Gasteiger charge is -2.10. The minimum Gasteiger partial charge on any atom is -0.507 e. The number of benzene rings is 2. The normalized spacial score (nSPS) is 10.6. The van der Waals surface area contributed by atoms with Gasteiger partial charge in [-0.2, -0.15) is 0 Å². The molecule has 1 N–H and O–H groups in total. The molecule has 0 amide bonds. The highest BCUT2D eigenvalue weighted by Gasteiger charge is 2.06. The van der Waals surface area contributed by atoms with Crippen molar-refractivity contribution in [1.82, 2.24) is 0 Å². The molecule has 2 aromatic rings. The van der Waals surface area contributed by atoms with Gasteiger partial charge in [-0.25, -0.2) is 0 Å². The molecule has 118 valence electrons. The van der Waals surface area contributed by atoms with Crippen molar-refractivity contribution in [3.05, 3.63) is 48.5 Å². The van der Waals surface area contributed by atoms with Gasteiger partial charge in [-0.05, 0) is 30.2 Å². The molecule has 0 aromatic heterocycles. The van der Waals surface area contributed by atoms with Gasteiger partial charge in [0.05, 0.1) is 6.61 Å². The number of ether oxygens (including phenoxy) is 1. The molecule has 22 heavy (non-hydrogen) atoms. The Morgan fingerprint density at radius 3 is 2.36 bits per heavy atom. The van der Waals surface area contributed by atoms with Crippen LogP contribution in [0.3, 0.4) is 0 Å². The van der Waals surface area contributed by atoms with Crippen molar-refractivity contribution >= 4 is 0 Å². The summed E-state index contributed by atoms with van der Waals surface area (Å²) in [7, 11) is 0. The Kier molecular flexibility index (Phi) is 6.82. The topological polar surface area (TPSA) is 29.5 Å². The summed E-state index contributed by atoms with van der Waals surface area (Å²) >= 11 is 0. The van der Waals surface area contributed by atoms with E-state index < -0.39 is 0 Å². The quantitative estimate of drug-likeness (QED) is 0.593. The number of phenols is 1. The number of hydrogen-bond acceptors (Lipinski definition) is 2. The Labute approximate surface area is 133 Å². The van der Waals surface area contributed by atoms with Crippen LogP contribution in [0.2, 0.25) is 0 Å². The number of rotatable bonds is 9. The molecule has 0 atom stereocenters. The van der Waals surface area contributed by atoms with E-state index in [1.165, 1.54) is 32.1 Å². The second-order valence-electron chi connectivity index (χ2n) is 5.66. The van der Waals surface area contributed by atoms with Crippen LogP contribution in [-0.2, 0) is 0 Å². The van der Waals surface area contributed by atoms with Crippen molar-refractivity contribution in [1.29, 1.82) is 0 Å². The van der Waals surface area contributed by atoms with Crippen LogP contribution in [0.25, 0.3) is 11.1 Å². The van der Waals surface area contributed by atoms with Crippen molar-refractivity contribution in [3.8, 4) is 22.6 Å². The summed E-state index contributed by atoms with van der Waals surface area (Å²) in [5.74, 6) is 1.11. The first-order valence-corrected chi connectivity index (χ1v) is 8.32. The van der Waals surface area contributed by atoms with Crippen molar-refractivity contribution in [2.45, 2.75) is 45.4 Å².